The van der Waals surface area contributed by atoms with Gasteiger partial charge in [0.25, 0.3) is 0 Å². The molecule has 0 amide bonds. The lowest BCUT2D eigenvalue weighted by Gasteiger charge is -2.28. The molecule has 25 heavy (non-hydrogen) atoms. The third kappa shape index (κ3) is 5.67. The number of alkyl halides is 3. The molecule has 1 aromatic heterocycles. The van der Waals surface area contributed by atoms with Crippen LogP contribution >= 0.6 is 0 Å². The first-order valence-corrected chi connectivity index (χ1v) is 9.14. The minimum absolute atomic E-state index is 0.237. The molecule has 3 heterocycles. The van der Waals surface area contributed by atoms with Crippen molar-refractivity contribution < 1.29 is 17.9 Å². The van der Waals surface area contributed by atoms with Crippen LogP contribution in [0, 0.1) is 11.8 Å². The number of ether oxygens (including phenoxy) is 1. The van der Waals surface area contributed by atoms with Crippen LogP contribution in [0.5, 0.6) is 0 Å². The Morgan fingerprint density at radius 3 is 2.52 bits per heavy atom. The Bertz CT molecular complexity index is 547. The van der Waals surface area contributed by atoms with Crippen LogP contribution in [0.3, 0.4) is 0 Å². The summed E-state index contributed by atoms with van der Waals surface area (Å²) in [7, 11) is 2.09. The molecule has 0 aromatic carbocycles. The molecule has 5 nitrogen and oxygen atoms in total. The summed E-state index contributed by atoms with van der Waals surface area (Å²) in [6.07, 6.45) is 0.940. The van der Waals surface area contributed by atoms with Crippen LogP contribution in [-0.2, 0) is 24.1 Å². The smallest absolute Gasteiger partial charge is 0.381 e. The van der Waals surface area contributed by atoms with E-state index in [2.05, 4.69) is 22.0 Å². The fraction of sp³-hybridized carbons (Fsp3) is 0.882. The highest BCUT2D eigenvalue weighted by Gasteiger charge is 2.31. The first kappa shape index (κ1) is 18.6. The second-order valence-electron chi connectivity index (χ2n) is 7.46. The van der Waals surface area contributed by atoms with Crippen molar-refractivity contribution in [2.45, 2.75) is 51.2 Å². The van der Waals surface area contributed by atoms with Gasteiger partial charge in [-0.2, -0.15) is 18.3 Å². The maximum Gasteiger partial charge on any atom is 0.408 e. The molecule has 2 aliphatic rings. The summed E-state index contributed by atoms with van der Waals surface area (Å²) in [5.41, 5.74) is 0. The first-order valence-electron chi connectivity index (χ1n) is 9.14. The third-order valence-corrected chi connectivity index (χ3v) is 5.16. The minimum atomic E-state index is -4.28. The summed E-state index contributed by atoms with van der Waals surface area (Å²) in [6.45, 7) is 2.34. The van der Waals surface area contributed by atoms with Gasteiger partial charge in [0, 0.05) is 26.1 Å². The van der Waals surface area contributed by atoms with E-state index in [1.54, 1.807) is 0 Å². The van der Waals surface area contributed by atoms with E-state index in [-0.39, 0.29) is 5.92 Å². The highest BCUT2D eigenvalue weighted by atomic mass is 19.4. The molecule has 3 rings (SSSR count). The summed E-state index contributed by atoms with van der Waals surface area (Å²) < 4.78 is 45.2. The van der Waals surface area contributed by atoms with Crippen molar-refractivity contribution in [3.8, 4) is 0 Å². The lowest BCUT2D eigenvalue weighted by molar-refractivity contribution is -0.143. The molecule has 2 fully saturated rings. The van der Waals surface area contributed by atoms with Crippen molar-refractivity contribution in [1.29, 1.82) is 0 Å². The van der Waals surface area contributed by atoms with Gasteiger partial charge in [-0.25, -0.2) is 9.67 Å². The zero-order valence-electron chi connectivity index (χ0n) is 14.8. The molecule has 1 atom stereocenters. The Hall–Kier alpha value is -1.15. The second kappa shape index (κ2) is 8.03. The van der Waals surface area contributed by atoms with E-state index < -0.39 is 12.7 Å². The highest BCUT2D eigenvalue weighted by molar-refractivity contribution is 4.97. The number of hydrogen-bond acceptors (Lipinski definition) is 4. The number of hydrogen-bond donors (Lipinski definition) is 0. The van der Waals surface area contributed by atoms with E-state index >= 15 is 0 Å². The van der Waals surface area contributed by atoms with E-state index in [9.17, 15) is 13.2 Å². The Balaban J connectivity index is 1.69. The summed E-state index contributed by atoms with van der Waals surface area (Å²) in [5, 5.41) is 4.21. The maximum absolute atomic E-state index is 12.9. The number of halogens is 3. The molecule has 0 saturated carbocycles. The molecule has 8 heteroatoms. The van der Waals surface area contributed by atoms with E-state index in [0.717, 1.165) is 50.1 Å². The lowest BCUT2D eigenvalue weighted by Crippen LogP contribution is -2.31. The molecule has 0 N–H and O–H groups in total. The fourth-order valence-electron chi connectivity index (χ4n) is 3.71. The lowest BCUT2D eigenvalue weighted by atomic mass is 9.93. The van der Waals surface area contributed by atoms with Gasteiger partial charge in [0.2, 0.25) is 0 Å². The van der Waals surface area contributed by atoms with E-state index in [1.165, 1.54) is 0 Å². The molecule has 2 aliphatic heterocycles. The normalized spacial score (nSPS) is 23.9. The van der Waals surface area contributed by atoms with Gasteiger partial charge in [-0.05, 0) is 57.7 Å². The van der Waals surface area contributed by atoms with Crippen LogP contribution in [0.15, 0.2) is 0 Å². The van der Waals surface area contributed by atoms with Crippen molar-refractivity contribution >= 4 is 0 Å². The Morgan fingerprint density at radius 2 is 1.88 bits per heavy atom. The van der Waals surface area contributed by atoms with Crippen LogP contribution in [0.4, 0.5) is 13.2 Å². The molecule has 2 saturated heterocycles. The van der Waals surface area contributed by atoms with Crippen molar-refractivity contribution in [2.24, 2.45) is 11.8 Å². The summed E-state index contributed by atoms with van der Waals surface area (Å²) >= 11 is 0. The van der Waals surface area contributed by atoms with Gasteiger partial charge >= 0.3 is 6.18 Å². The van der Waals surface area contributed by atoms with E-state index in [4.69, 9.17) is 4.74 Å². The van der Waals surface area contributed by atoms with Crippen molar-refractivity contribution in [3.63, 3.8) is 0 Å². The predicted octanol–water partition coefficient (Wildman–Crippen LogP) is 2.69. The maximum atomic E-state index is 12.9. The monoisotopic (exact) mass is 360 g/mol. The Morgan fingerprint density at radius 1 is 1.12 bits per heavy atom. The average Bonchev–Trinajstić information content (AvgIpc) is 2.90. The first-order chi connectivity index (χ1) is 11.9. The molecule has 0 unspecified atom stereocenters. The van der Waals surface area contributed by atoms with Gasteiger partial charge in [0.05, 0.1) is 0 Å². The molecule has 0 radical (unpaired) electrons. The summed E-state index contributed by atoms with van der Waals surface area (Å²) in [4.78, 5) is 6.76. The van der Waals surface area contributed by atoms with Crippen molar-refractivity contribution in [1.82, 2.24) is 19.7 Å². The van der Waals surface area contributed by atoms with Gasteiger partial charge in [-0.15, -0.1) is 0 Å². The SMILES string of the molecule is CN1CCC(Cc2nc(C[C@@H]3CCCOC3)n(CC(F)(F)F)n2)CC1. The number of aromatic nitrogens is 3. The van der Waals surface area contributed by atoms with Crippen molar-refractivity contribution in [2.75, 3.05) is 33.4 Å². The fourth-order valence-corrected chi connectivity index (χ4v) is 3.71. The molecule has 0 aliphatic carbocycles. The highest BCUT2D eigenvalue weighted by Crippen LogP contribution is 2.24. The quantitative estimate of drug-likeness (QED) is 0.810. The number of likely N-dealkylation sites (tertiary alicyclic amines) is 1. The van der Waals surface area contributed by atoms with Crippen LogP contribution < -0.4 is 0 Å². The topological polar surface area (TPSA) is 43.2 Å². The Kier molecular flexibility index (Phi) is 5.99. The minimum Gasteiger partial charge on any atom is -0.381 e. The molecule has 142 valence electrons. The standard InChI is InChI=1S/C17H27F3N4O/c1-23-6-4-13(5-7-23)9-15-21-16(10-14-3-2-8-25-11-14)24(22-15)12-17(18,19)20/h13-14H,2-12H2,1H3/t14-/m0/s1. The number of nitrogens with zero attached hydrogens (tertiary/aromatic N) is 4. The molecule has 0 bridgehead atoms. The zero-order chi connectivity index (χ0) is 17.9. The zero-order valence-corrected chi connectivity index (χ0v) is 14.8. The van der Waals surface area contributed by atoms with Crippen LogP contribution in [0.2, 0.25) is 0 Å². The van der Waals surface area contributed by atoms with Crippen LogP contribution in [0.1, 0.15) is 37.3 Å². The molecular formula is C17H27F3N4O. The summed E-state index contributed by atoms with van der Waals surface area (Å²) in [5.74, 6) is 1.71. The van der Waals surface area contributed by atoms with Gasteiger partial charge < -0.3 is 9.64 Å². The molecule has 0 spiro atoms. The van der Waals surface area contributed by atoms with Gasteiger partial charge in [0.15, 0.2) is 5.82 Å². The van der Waals surface area contributed by atoms with Crippen LogP contribution in [-0.4, -0.2) is 59.2 Å². The average molecular weight is 360 g/mol. The van der Waals surface area contributed by atoms with Gasteiger partial charge in [0.1, 0.15) is 12.4 Å². The number of rotatable bonds is 5. The van der Waals surface area contributed by atoms with E-state index in [1.807, 2.05) is 0 Å². The Labute approximate surface area is 146 Å². The van der Waals surface area contributed by atoms with Crippen LogP contribution in [0.25, 0.3) is 0 Å². The number of piperidine rings is 1. The van der Waals surface area contributed by atoms with Gasteiger partial charge in [-0.1, -0.05) is 0 Å². The van der Waals surface area contributed by atoms with Crippen molar-refractivity contribution in [3.05, 3.63) is 11.6 Å². The molecular weight excluding hydrogens is 333 g/mol. The second-order valence-corrected chi connectivity index (χ2v) is 7.46. The molecule has 1 aromatic rings. The van der Waals surface area contributed by atoms with Gasteiger partial charge in [-0.3, -0.25) is 0 Å². The predicted molar refractivity (Wildman–Crippen MR) is 87.2 cm³/mol. The summed E-state index contributed by atoms with van der Waals surface area (Å²) in [6, 6.07) is 0. The van der Waals surface area contributed by atoms with E-state index in [0.29, 0.717) is 37.0 Å². The third-order valence-electron chi connectivity index (χ3n) is 5.16. The largest absolute Gasteiger partial charge is 0.408 e.